The molecule has 0 fully saturated rings. The van der Waals surface area contributed by atoms with Crippen LogP contribution in [0.5, 0.6) is 5.75 Å². The van der Waals surface area contributed by atoms with Gasteiger partial charge in [-0.1, -0.05) is 42.5 Å². The number of amides is 1. The average Bonchev–Trinajstić information content (AvgIpc) is 2.91. The Morgan fingerprint density at radius 1 is 0.778 bits per heavy atom. The van der Waals surface area contributed by atoms with Gasteiger partial charge in [0, 0.05) is 5.69 Å². The number of hydrogen-bond donors (Lipinski definition) is 2. The molecule has 0 spiro atoms. The van der Waals surface area contributed by atoms with Gasteiger partial charge in [-0.3, -0.25) is 4.79 Å². The number of hydrogen-bond acceptors (Lipinski definition) is 8. The van der Waals surface area contributed by atoms with Crippen LogP contribution in [0.2, 0.25) is 0 Å². The molecule has 0 heterocycles. The number of carbonyl (C=O) groups excluding carboxylic acids is 3. The van der Waals surface area contributed by atoms with Gasteiger partial charge in [-0.25, -0.2) is 9.59 Å². The van der Waals surface area contributed by atoms with Crippen LogP contribution in [-0.4, -0.2) is 37.2 Å². The Kier molecular flexibility index (Phi) is 7.01. The molecule has 180 valence electrons. The fourth-order valence-electron chi connectivity index (χ4n) is 3.59. The second-order valence-electron chi connectivity index (χ2n) is 7.58. The molecule has 4 rings (SSSR count). The minimum absolute atomic E-state index is 0.00815. The van der Waals surface area contributed by atoms with E-state index >= 15 is 0 Å². The van der Waals surface area contributed by atoms with Crippen LogP contribution in [0, 0.1) is 0 Å². The van der Waals surface area contributed by atoms with E-state index in [2.05, 4.69) is 15.5 Å². The monoisotopic (exact) mass is 483 g/mol. The normalized spacial score (nSPS) is 10.8. The number of aromatic hydroxyl groups is 1. The predicted molar refractivity (Wildman–Crippen MR) is 133 cm³/mol. The number of nitrogens with one attached hydrogen (secondary N) is 1. The van der Waals surface area contributed by atoms with Crippen molar-refractivity contribution in [2.24, 2.45) is 10.2 Å². The number of phenols is 1. The van der Waals surface area contributed by atoms with Crippen molar-refractivity contribution in [1.82, 2.24) is 0 Å². The highest BCUT2D eigenvalue weighted by atomic mass is 16.5. The Morgan fingerprint density at radius 3 is 2.17 bits per heavy atom. The Morgan fingerprint density at radius 2 is 1.44 bits per heavy atom. The summed E-state index contributed by atoms with van der Waals surface area (Å²) in [5.41, 5.74) is 0.780. The van der Waals surface area contributed by atoms with Gasteiger partial charge in [-0.05, 0) is 47.2 Å². The first kappa shape index (κ1) is 24.1. The first-order chi connectivity index (χ1) is 17.4. The van der Waals surface area contributed by atoms with Gasteiger partial charge >= 0.3 is 11.9 Å². The van der Waals surface area contributed by atoms with Crippen molar-refractivity contribution in [3.05, 3.63) is 95.6 Å². The highest BCUT2D eigenvalue weighted by Crippen LogP contribution is 2.38. The number of ether oxygens (including phenoxy) is 2. The van der Waals surface area contributed by atoms with Crippen LogP contribution in [0.15, 0.2) is 89.1 Å². The Hall–Kier alpha value is -5.05. The lowest BCUT2D eigenvalue weighted by Crippen LogP contribution is -2.12. The summed E-state index contributed by atoms with van der Waals surface area (Å²) in [7, 11) is 2.44. The first-order valence-corrected chi connectivity index (χ1v) is 10.8. The third-order valence-corrected chi connectivity index (χ3v) is 5.35. The molecule has 0 aromatic heterocycles. The number of phenolic OH excluding ortho intramolecular Hbond substituents is 1. The topological polar surface area (TPSA) is 127 Å². The van der Waals surface area contributed by atoms with E-state index in [0.29, 0.717) is 16.5 Å². The Bertz CT molecular complexity index is 1500. The van der Waals surface area contributed by atoms with Crippen molar-refractivity contribution in [3.63, 3.8) is 0 Å². The molecule has 4 aromatic rings. The van der Waals surface area contributed by atoms with Crippen LogP contribution in [-0.2, 0) is 9.47 Å². The lowest BCUT2D eigenvalue weighted by Gasteiger charge is -2.12. The molecule has 1 amide bonds. The molecule has 0 aliphatic heterocycles. The average molecular weight is 483 g/mol. The number of azo groups is 1. The van der Waals surface area contributed by atoms with Crippen LogP contribution in [0.25, 0.3) is 10.8 Å². The van der Waals surface area contributed by atoms with Gasteiger partial charge in [-0.2, -0.15) is 0 Å². The molecule has 0 unspecified atom stereocenters. The summed E-state index contributed by atoms with van der Waals surface area (Å²) in [5.74, 6) is -2.24. The largest absolute Gasteiger partial charge is 0.505 e. The van der Waals surface area contributed by atoms with Gasteiger partial charge in [0.25, 0.3) is 5.91 Å². The van der Waals surface area contributed by atoms with Crippen LogP contribution >= 0.6 is 0 Å². The third-order valence-electron chi connectivity index (χ3n) is 5.35. The van der Waals surface area contributed by atoms with Crippen LogP contribution < -0.4 is 5.32 Å². The molecular weight excluding hydrogens is 462 g/mol. The van der Waals surface area contributed by atoms with Crippen molar-refractivity contribution in [2.45, 2.75) is 0 Å². The van der Waals surface area contributed by atoms with Crippen molar-refractivity contribution in [1.29, 1.82) is 0 Å². The third kappa shape index (κ3) is 4.90. The Labute approximate surface area is 206 Å². The van der Waals surface area contributed by atoms with Gasteiger partial charge in [0.15, 0.2) is 5.75 Å². The van der Waals surface area contributed by atoms with E-state index in [1.54, 1.807) is 54.6 Å². The second-order valence-corrected chi connectivity index (χ2v) is 7.58. The molecule has 36 heavy (non-hydrogen) atoms. The van der Waals surface area contributed by atoms with E-state index in [-0.39, 0.29) is 28.1 Å². The molecule has 0 bridgehead atoms. The maximum Gasteiger partial charge on any atom is 0.340 e. The fraction of sp³-hybridized carbons (Fsp3) is 0.0741. The summed E-state index contributed by atoms with van der Waals surface area (Å²) in [6.07, 6.45) is 0. The highest BCUT2D eigenvalue weighted by molar-refractivity contribution is 6.16. The van der Waals surface area contributed by atoms with Gasteiger partial charge in [-0.15, -0.1) is 10.2 Å². The number of nitrogens with zero attached hydrogens (tertiary/aromatic N) is 2. The van der Waals surface area contributed by atoms with Gasteiger partial charge in [0.1, 0.15) is 11.4 Å². The molecule has 9 nitrogen and oxygen atoms in total. The molecule has 0 saturated heterocycles. The van der Waals surface area contributed by atoms with Crippen molar-refractivity contribution < 1.29 is 29.0 Å². The van der Waals surface area contributed by atoms with E-state index in [1.807, 2.05) is 6.07 Å². The maximum atomic E-state index is 13.2. The summed E-state index contributed by atoms with van der Waals surface area (Å²) in [4.78, 5) is 37.3. The molecule has 0 aliphatic carbocycles. The van der Waals surface area contributed by atoms with Crippen LogP contribution in [0.1, 0.15) is 31.1 Å². The van der Waals surface area contributed by atoms with Crippen molar-refractivity contribution >= 4 is 45.7 Å². The number of rotatable bonds is 6. The predicted octanol–water partition coefficient (Wildman–Crippen LogP) is 5.79. The van der Waals surface area contributed by atoms with E-state index in [9.17, 15) is 19.5 Å². The number of benzene rings is 4. The number of anilines is 1. The van der Waals surface area contributed by atoms with Gasteiger partial charge < -0.3 is 19.9 Å². The molecule has 0 aliphatic rings. The van der Waals surface area contributed by atoms with E-state index in [0.717, 1.165) is 0 Å². The second kappa shape index (κ2) is 10.5. The quantitative estimate of drug-likeness (QED) is 0.264. The van der Waals surface area contributed by atoms with Crippen LogP contribution in [0.3, 0.4) is 0 Å². The van der Waals surface area contributed by atoms with E-state index in [1.165, 1.54) is 32.4 Å². The standard InChI is InChI=1S/C27H21N3O6/c1-35-26(33)17-12-13-20(27(34)36-2)21(15-17)29-30-22-14-16-8-6-7-11-19(16)23(24(22)31)25(32)28-18-9-4-3-5-10-18/h3-15,31H,1-2H3,(H,28,32). The summed E-state index contributed by atoms with van der Waals surface area (Å²) in [5, 5.41) is 23.2. The van der Waals surface area contributed by atoms with E-state index < -0.39 is 23.6 Å². The van der Waals surface area contributed by atoms with Crippen molar-refractivity contribution in [2.75, 3.05) is 19.5 Å². The SMILES string of the molecule is COC(=O)c1ccc(C(=O)OC)c(N=Nc2cc3ccccc3c(C(=O)Nc3ccccc3)c2O)c1. The molecule has 2 N–H and O–H groups in total. The minimum Gasteiger partial charge on any atom is -0.505 e. The number of para-hydroxylation sites is 1. The maximum absolute atomic E-state index is 13.2. The summed E-state index contributed by atoms with van der Waals surface area (Å²) in [6.45, 7) is 0. The summed E-state index contributed by atoms with van der Waals surface area (Å²) in [6, 6.07) is 21.5. The van der Waals surface area contributed by atoms with E-state index in [4.69, 9.17) is 9.47 Å². The first-order valence-electron chi connectivity index (χ1n) is 10.8. The molecule has 0 radical (unpaired) electrons. The van der Waals surface area contributed by atoms with Crippen LogP contribution in [0.4, 0.5) is 17.1 Å². The number of methoxy groups -OCH3 is 2. The van der Waals surface area contributed by atoms with Gasteiger partial charge in [0.05, 0.1) is 30.9 Å². The zero-order valence-electron chi connectivity index (χ0n) is 19.4. The number of esters is 2. The van der Waals surface area contributed by atoms with Gasteiger partial charge in [0.2, 0.25) is 0 Å². The summed E-state index contributed by atoms with van der Waals surface area (Å²) >= 11 is 0. The molecule has 9 heteroatoms. The minimum atomic E-state index is -0.689. The molecule has 0 atom stereocenters. The number of fused-ring (bicyclic) bond motifs is 1. The summed E-state index contributed by atoms with van der Waals surface area (Å²) < 4.78 is 9.51. The number of carbonyl (C=O) groups is 3. The highest BCUT2D eigenvalue weighted by Gasteiger charge is 2.20. The molecular formula is C27H21N3O6. The molecule has 4 aromatic carbocycles. The lowest BCUT2D eigenvalue weighted by atomic mass is 10.0. The zero-order chi connectivity index (χ0) is 25.7. The fourth-order valence-corrected chi connectivity index (χ4v) is 3.59. The Balaban J connectivity index is 1.81. The van der Waals surface area contributed by atoms with Crippen molar-refractivity contribution in [3.8, 4) is 5.75 Å². The smallest absolute Gasteiger partial charge is 0.340 e. The lowest BCUT2D eigenvalue weighted by molar-refractivity contribution is 0.0587. The molecule has 0 saturated carbocycles. The zero-order valence-corrected chi connectivity index (χ0v) is 19.4.